The standard InChI is InChI=1S/C30H33N7O2/c38-24-7-10-37(11-8-24)30-28-25(20-4-5-20)18-31-19-26(28)34-29(35-30)21-6-9-32-27(16-21)33-22-2-1-3-23(17-22)36-12-14-39-15-13-36/h1-3,6,9,16-20,24,38H,4-5,7-8,10-15H2,(H,32,33). The zero-order valence-corrected chi connectivity index (χ0v) is 22.0. The Hall–Kier alpha value is -3.82. The van der Waals surface area contributed by atoms with Crippen molar-refractivity contribution in [3.63, 3.8) is 0 Å². The van der Waals surface area contributed by atoms with E-state index in [1.165, 1.54) is 24.1 Å². The minimum Gasteiger partial charge on any atom is -0.393 e. The molecular weight excluding hydrogens is 490 g/mol. The lowest BCUT2D eigenvalue weighted by Crippen LogP contribution is -2.36. The molecule has 0 spiro atoms. The van der Waals surface area contributed by atoms with Crippen molar-refractivity contribution in [2.75, 3.05) is 54.5 Å². The molecule has 0 atom stereocenters. The molecule has 5 heterocycles. The van der Waals surface area contributed by atoms with Gasteiger partial charge in [-0.15, -0.1) is 0 Å². The Morgan fingerprint density at radius 2 is 1.74 bits per heavy atom. The third kappa shape index (κ3) is 5.12. The summed E-state index contributed by atoms with van der Waals surface area (Å²) >= 11 is 0. The minimum absolute atomic E-state index is 0.242. The van der Waals surface area contributed by atoms with Crippen LogP contribution in [0.3, 0.4) is 0 Å². The van der Waals surface area contributed by atoms with Gasteiger partial charge in [0.1, 0.15) is 11.6 Å². The molecule has 4 aromatic rings. The molecule has 1 saturated carbocycles. The van der Waals surface area contributed by atoms with Crippen molar-refractivity contribution in [3.05, 3.63) is 60.6 Å². The molecule has 2 aliphatic heterocycles. The Morgan fingerprint density at radius 1 is 0.897 bits per heavy atom. The Morgan fingerprint density at radius 3 is 2.56 bits per heavy atom. The van der Waals surface area contributed by atoms with Crippen LogP contribution in [0.4, 0.5) is 23.0 Å². The number of nitrogens with one attached hydrogen (secondary N) is 1. The molecule has 3 aliphatic rings. The predicted octanol–water partition coefficient (Wildman–Crippen LogP) is 4.51. The molecule has 0 amide bonds. The number of piperidine rings is 1. The average Bonchev–Trinajstić information content (AvgIpc) is 3.83. The van der Waals surface area contributed by atoms with Crippen LogP contribution in [-0.2, 0) is 4.74 Å². The number of fused-ring (bicyclic) bond motifs is 1. The van der Waals surface area contributed by atoms with E-state index < -0.39 is 0 Å². The Labute approximate surface area is 227 Å². The molecule has 0 unspecified atom stereocenters. The van der Waals surface area contributed by atoms with Crippen LogP contribution in [0.5, 0.6) is 0 Å². The second-order valence-corrected chi connectivity index (χ2v) is 10.7. The molecule has 1 aliphatic carbocycles. The molecule has 200 valence electrons. The molecular formula is C30H33N7O2. The lowest BCUT2D eigenvalue weighted by molar-refractivity contribution is 0.122. The first-order valence-electron chi connectivity index (χ1n) is 14.0. The van der Waals surface area contributed by atoms with Crippen molar-refractivity contribution in [2.45, 2.75) is 37.7 Å². The second kappa shape index (κ2) is 10.4. The number of rotatable bonds is 6. The van der Waals surface area contributed by atoms with Crippen molar-refractivity contribution in [3.8, 4) is 11.4 Å². The molecule has 1 aromatic carbocycles. The largest absolute Gasteiger partial charge is 0.393 e. The molecule has 0 radical (unpaired) electrons. The van der Waals surface area contributed by atoms with E-state index >= 15 is 0 Å². The highest BCUT2D eigenvalue weighted by Crippen LogP contribution is 2.45. The highest BCUT2D eigenvalue weighted by molar-refractivity contribution is 5.94. The number of pyridine rings is 2. The minimum atomic E-state index is -0.242. The van der Waals surface area contributed by atoms with E-state index in [0.29, 0.717) is 11.7 Å². The summed E-state index contributed by atoms with van der Waals surface area (Å²) < 4.78 is 5.50. The molecule has 7 rings (SSSR count). The van der Waals surface area contributed by atoms with Crippen molar-refractivity contribution >= 4 is 33.9 Å². The summed E-state index contributed by atoms with van der Waals surface area (Å²) in [6.07, 6.45) is 9.27. The molecule has 9 nitrogen and oxygen atoms in total. The van der Waals surface area contributed by atoms with E-state index in [4.69, 9.17) is 14.7 Å². The number of hydrogen-bond donors (Lipinski definition) is 2. The van der Waals surface area contributed by atoms with Crippen LogP contribution in [0.2, 0.25) is 0 Å². The van der Waals surface area contributed by atoms with Crippen molar-refractivity contribution < 1.29 is 9.84 Å². The number of aliphatic hydroxyl groups is 1. The van der Waals surface area contributed by atoms with Gasteiger partial charge in [-0.1, -0.05) is 6.07 Å². The zero-order chi connectivity index (χ0) is 26.2. The highest BCUT2D eigenvalue weighted by atomic mass is 16.5. The van der Waals surface area contributed by atoms with E-state index in [2.05, 4.69) is 49.4 Å². The molecule has 9 heteroatoms. The first-order valence-corrected chi connectivity index (χ1v) is 14.0. The lowest BCUT2D eigenvalue weighted by Gasteiger charge is -2.31. The van der Waals surface area contributed by atoms with Gasteiger partial charge in [-0.05, 0) is 67.5 Å². The number of morpholine rings is 1. The van der Waals surface area contributed by atoms with Crippen LogP contribution in [0, 0.1) is 0 Å². The Kier molecular flexibility index (Phi) is 6.46. The number of nitrogens with zero attached hydrogens (tertiary/aromatic N) is 6. The fourth-order valence-electron chi connectivity index (χ4n) is 5.62. The van der Waals surface area contributed by atoms with Gasteiger partial charge in [0.25, 0.3) is 0 Å². The van der Waals surface area contributed by atoms with Gasteiger partial charge in [-0.25, -0.2) is 15.0 Å². The van der Waals surface area contributed by atoms with Crippen LogP contribution < -0.4 is 15.1 Å². The maximum Gasteiger partial charge on any atom is 0.162 e. The van der Waals surface area contributed by atoms with Gasteiger partial charge >= 0.3 is 0 Å². The summed E-state index contributed by atoms with van der Waals surface area (Å²) in [5.41, 5.74) is 5.17. The molecule has 3 fully saturated rings. The first kappa shape index (κ1) is 24.2. The van der Waals surface area contributed by atoms with E-state index in [0.717, 1.165) is 86.0 Å². The summed E-state index contributed by atoms with van der Waals surface area (Å²) in [6, 6.07) is 12.4. The topological polar surface area (TPSA) is 99.5 Å². The number of aromatic nitrogens is 4. The lowest BCUT2D eigenvalue weighted by atomic mass is 10.0. The fourth-order valence-corrected chi connectivity index (χ4v) is 5.62. The van der Waals surface area contributed by atoms with Crippen LogP contribution in [0.15, 0.2) is 55.0 Å². The van der Waals surface area contributed by atoms with Crippen molar-refractivity contribution in [2.24, 2.45) is 0 Å². The summed E-state index contributed by atoms with van der Waals surface area (Å²) in [7, 11) is 0. The Bertz CT molecular complexity index is 1480. The third-order valence-electron chi connectivity index (χ3n) is 7.91. The van der Waals surface area contributed by atoms with Gasteiger partial charge < -0.3 is 25.0 Å². The smallest absolute Gasteiger partial charge is 0.162 e. The van der Waals surface area contributed by atoms with E-state index in [-0.39, 0.29) is 6.10 Å². The molecule has 2 N–H and O–H groups in total. The second-order valence-electron chi connectivity index (χ2n) is 10.7. The fraction of sp³-hybridized carbons (Fsp3) is 0.400. The SMILES string of the molecule is OC1CCN(c2nc(-c3ccnc(Nc4cccc(N5CCOCC5)c4)c3)nc3cncc(C4CC4)c23)CC1. The van der Waals surface area contributed by atoms with E-state index in [1.54, 1.807) is 6.20 Å². The normalized spacial score (nSPS) is 18.5. The Balaban J connectivity index is 1.22. The first-order chi connectivity index (χ1) is 19.2. The van der Waals surface area contributed by atoms with Crippen LogP contribution in [0.25, 0.3) is 22.3 Å². The van der Waals surface area contributed by atoms with Gasteiger partial charge in [-0.2, -0.15) is 0 Å². The number of benzene rings is 1. The van der Waals surface area contributed by atoms with Crippen molar-refractivity contribution in [1.29, 1.82) is 0 Å². The highest BCUT2D eigenvalue weighted by Gasteiger charge is 2.30. The summed E-state index contributed by atoms with van der Waals surface area (Å²) in [5, 5.41) is 14.7. The summed E-state index contributed by atoms with van der Waals surface area (Å²) in [4.78, 5) is 23.9. The molecule has 39 heavy (non-hydrogen) atoms. The quantitative estimate of drug-likeness (QED) is 0.378. The molecule has 3 aromatic heterocycles. The van der Waals surface area contributed by atoms with E-state index in [9.17, 15) is 5.11 Å². The molecule has 2 saturated heterocycles. The zero-order valence-electron chi connectivity index (χ0n) is 22.0. The van der Waals surface area contributed by atoms with Crippen LogP contribution in [-0.4, -0.2) is 70.5 Å². The summed E-state index contributed by atoms with van der Waals surface area (Å²) in [6.45, 7) is 4.86. The maximum atomic E-state index is 10.1. The van der Waals surface area contributed by atoms with Crippen LogP contribution in [0.1, 0.15) is 37.2 Å². The summed E-state index contributed by atoms with van der Waals surface area (Å²) in [5.74, 6) is 2.89. The predicted molar refractivity (Wildman–Crippen MR) is 153 cm³/mol. The monoisotopic (exact) mass is 523 g/mol. The van der Waals surface area contributed by atoms with Gasteiger partial charge in [0.15, 0.2) is 5.82 Å². The van der Waals surface area contributed by atoms with Gasteiger partial charge in [0.05, 0.1) is 31.0 Å². The van der Waals surface area contributed by atoms with Gasteiger partial charge in [-0.3, -0.25) is 4.98 Å². The third-order valence-corrected chi connectivity index (χ3v) is 7.91. The molecule has 0 bridgehead atoms. The number of anilines is 4. The number of aliphatic hydroxyl groups excluding tert-OH is 1. The van der Waals surface area contributed by atoms with Gasteiger partial charge in [0.2, 0.25) is 0 Å². The maximum absolute atomic E-state index is 10.1. The van der Waals surface area contributed by atoms with Crippen LogP contribution >= 0.6 is 0 Å². The number of ether oxygens (including phenoxy) is 1. The van der Waals surface area contributed by atoms with Gasteiger partial charge in [0, 0.05) is 60.9 Å². The van der Waals surface area contributed by atoms with E-state index in [1.807, 2.05) is 24.5 Å². The van der Waals surface area contributed by atoms with Crippen molar-refractivity contribution in [1.82, 2.24) is 19.9 Å². The number of hydrogen-bond acceptors (Lipinski definition) is 9. The average molecular weight is 524 g/mol.